The van der Waals surface area contributed by atoms with Crippen molar-refractivity contribution in [1.29, 1.82) is 0 Å². The molecular weight excluding hydrogens is 216 g/mol. The van der Waals surface area contributed by atoms with Crippen LogP contribution in [0, 0.1) is 20.8 Å². The van der Waals surface area contributed by atoms with Crippen molar-refractivity contribution in [3.05, 3.63) is 22.6 Å². The van der Waals surface area contributed by atoms with Crippen LogP contribution in [0.5, 0.6) is 0 Å². The molecular formula is C13H20N2O2. The highest BCUT2D eigenvalue weighted by atomic mass is 16.3. The molecule has 2 heterocycles. The molecule has 0 aromatic carbocycles. The van der Waals surface area contributed by atoms with E-state index in [2.05, 4.69) is 10.6 Å². The molecule has 0 saturated carbocycles. The van der Waals surface area contributed by atoms with E-state index in [1.54, 1.807) is 0 Å². The average molecular weight is 236 g/mol. The summed E-state index contributed by atoms with van der Waals surface area (Å²) in [6.45, 7) is 7.57. The number of aryl methyl sites for hydroxylation is 2. The molecule has 94 valence electrons. The van der Waals surface area contributed by atoms with Gasteiger partial charge in [-0.15, -0.1) is 0 Å². The van der Waals surface area contributed by atoms with E-state index in [0.717, 1.165) is 37.3 Å². The maximum atomic E-state index is 12.2. The second kappa shape index (κ2) is 4.92. The molecule has 4 heteroatoms. The van der Waals surface area contributed by atoms with Gasteiger partial charge in [0.15, 0.2) is 0 Å². The summed E-state index contributed by atoms with van der Waals surface area (Å²) in [4.78, 5) is 12.2. The quantitative estimate of drug-likeness (QED) is 0.821. The summed E-state index contributed by atoms with van der Waals surface area (Å²) < 4.78 is 5.48. The van der Waals surface area contributed by atoms with Gasteiger partial charge in [-0.1, -0.05) is 0 Å². The van der Waals surface area contributed by atoms with Gasteiger partial charge in [-0.25, -0.2) is 0 Å². The highest BCUT2D eigenvalue weighted by Crippen LogP contribution is 2.20. The summed E-state index contributed by atoms with van der Waals surface area (Å²) in [5, 5.41) is 6.36. The molecule has 1 unspecified atom stereocenters. The van der Waals surface area contributed by atoms with Gasteiger partial charge in [0, 0.05) is 18.2 Å². The van der Waals surface area contributed by atoms with E-state index in [1.165, 1.54) is 0 Å². The molecule has 1 atom stereocenters. The number of carbonyl (C=O) groups is 1. The number of piperidine rings is 1. The van der Waals surface area contributed by atoms with Crippen LogP contribution >= 0.6 is 0 Å². The third-order valence-electron chi connectivity index (χ3n) is 3.42. The number of furan rings is 1. The molecule has 0 radical (unpaired) electrons. The van der Waals surface area contributed by atoms with Crippen molar-refractivity contribution >= 4 is 5.91 Å². The number of hydrogen-bond acceptors (Lipinski definition) is 3. The summed E-state index contributed by atoms with van der Waals surface area (Å²) in [5.74, 6) is 1.53. The van der Waals surface area contributed by atoms with Crippen LogP contribution < -0.4 is 10.6 Å². The van der Waals surface area contributed by atoms with E-state index in [1.807, 2.05) is 20.8 Å². The minimum Gasteiger partial charge on any atom is -0.466 e. The molecule has 1 aliphatic heterocycles. The van der Waals surface area contributed by atoms with Crippen LogP contribution in [0.3, 0.4) is 0 Å². The molecule has 4 nitrogen and oxygen atoms in total. The van der Waals surface area contributed by atoms with Gasteiger partial charge in [0.2, 0.25) is 0 Å². The maximum Gasteiger partial charge on any atom is 0.255 e. The average Bonchev–Trinajstić information content (AvgIpc) is 2.54. The molecule has 1 aromatic rings. The van der Waals surface area contributed by atoms with E-state index in [-0.39, 0.29) is 11.9 Å². The molecule has 0 aliphatic carbocycles. The summed E-state index contributed by atoms with van der Waals surface area (Å²) in [5.41, 5.74) is 1.65. The standard InChI is InChI=1S/C13H20N2O2/c1-8-9(2)17-10(3)12(8)13(16)15-11-5-4-6-14-7-11/h11,14H,4-7H2,1-3H3,(H,15,16). The fourth-order valence-corrected chi connectivity index (χ4v) is 2.36. The van der Waals surface area contributed by atoms with Crippen LogP contribution in [0.15, 0.2) is 4.42 Å². The van der Waals surface area contributed by atoms with Crippen molar-refractivity contribution < 1.29 is 9.21 Å². The lowest BCUT2D eigenvalue weighted by atomic mass is 10.1. The predicted octanol–water partition coefficient (Wildman–Crippen LogP) is 1.69. The van der Waals surface area contributed by atoms with Crippen LogP contribution in [0.4, 0.5) is 0 Å². The van der Waals surface area contributed by atoms with Crippen LogP contribution in [0.2, 0.25) is 0 Å². The third-order valence-corrected chi connectivity index (χ3v) is 3.42. The molecule has 1 aromatic heterocycles. The summed E-state index contributed by atoms with van der Waals surface area (Å²) in [7, 11) is 0. The van der Waals surface area contributed by atoms with Gasteiger partial charge in [0.05, 0.1) is 5.56 Å². The van der Waals surface area contributed by atoms with Crippen molar-refractivity contribution in [2.45, 2.75) is 39.7 Å². The third kappa shape index (κ3) is 2.52. The maximum absolute atomic E-state index is 12.2. The van der Waals surface area contributed by atoms with Crippen LogP contribution in [-0.4, -0.2) is 25.0 Å². The lowest BCUT2D eigenvalue weighted by Gasteiger charge is -2.23. The molecule has 1 saturated heterocycles. The zero-order valence-corrected chi connectivity index (χ0v) is 10.7. The highest BCUT2D eigenvalue weighted by molar-refractivity contribution is 5.97. The molecule has 17 heavy (non-hydrogen) atoms. The number of rotatable bonds is 2. The van der Waals surface area contributed by atoms with E-state index in [4.69, 9.17) is 4.42 Å². The Morgan fingerprint density at radius 2 is 2.12 bits per heavy atom. The number of nitrogens with one attached hydrogen (secondary N) is 2. The van der Waals surface area contributed by atoms with Gasteiger partial charge in [-0.3, -0.25) is 4.79 Å². The minimum atomic E-state index is -0.00875. The van der Waals surface area contributed by atoms with Gasteiger partial charge in [-0.2, -0.15) is 0 Å². The van der Waals surface area contributed by atoms with Gasteiger partial charge >= 0.3 is 0 Å². The highest BCUT2D eigenvalue weighted by Gasteiger charge is 2.22. The van der Waals surface area contributed by atoms with Crippen LogP contribution in [0.25, 0.3) is 0 Å². The van der Waals surface area contributed by atoms with Gasteiger partial charge < -0.3 is 15.1 Å². The predicted molar refractivity (Wildman–Crippen MR) is 66.3 cm³/mol. The zero-order valence-electron chi connectivity index (χ0n) is 10.7. The Morgan fingerprint density at radius 1 is 1.35 bits per heavy atom. The molecule has 2 N–H and O–H groups in total. The normalized spacial score (nSPS) is 20.3. The van der Waals surface area contributed by atoms with Crippen molar-refractivity contribution in [3.63, 3.8) is 0 Å². The summed E-state index contributed by atoms with van der Waals surface area (Å²) >= 11 is 0. The van der Waals surface area contributed by atoms with Crippen molar-refractivity contribution in [3.8, 4) is 0 Å². The van der Waals surface area contributed by atoms with E-state index in [0.29, 0.717) is 11.3 Å². The van der Waals surface area contributed by atoms with E-state index in [9.17, 15) is 4.79 Å². The number of carbonyl (C=O) groups excluding carboxylic acids is 1. The van der Waals surface area contributed by atoms with Crippen LogP contribution in [0.1, 0.15) is 40.3 Å². The molecule has 1 amide bonds. The first-order chi connectivity index (χ1) is 8.09. The van der Waals surface area contributed by atoms with Gasteiger partial charge in [-0.05, 0) is 40.2 Å². The number of amides is 1. The first-order valence-corrected chi connectivity index (χ1v) is 6.17. The van der Waals surface area contributed by atoms with Crippen LogP contribution in [-0.2, 0) is 0 Å². The largest absolute Gasteiger partial charge is 0.466 e. The smallest absolute Gasteiger partial charge is 0.255 e. The Bertz CT molecular complexity index is 417. The lowest BCUT2D eigenvalue weighted by Crippen LogP contribution is -2.45. The fraction of sp³-hybridized carbons (Fsp3) is 0.615. The van der Waals surface area contributed by atoms with Gasteiger partial charge in [0.1, 0.15) is 11.5 Å². The Morgan fingerprint density at radius 3 is 2.65 bits per heavy atom. The molecule has 2 rings (SSSR count). The Balaban J connectivity index is 2.08. The monoisotopic (exact) mass is 236 g/mol. The second-order valence-electron chi connectivity index (χ2n) is 4.73. The molecule has 1 fully saturated rings. The fourth-order valence-electron chi connectivity index (χ4n) is 2.36. The Hall–Kier alpha value is -1.29. The zero-order chi connectivity index (χ0) is 12.4. The SMILES string of the molecule is Cc1oc(C)c(C(=O)NC2CCCNC2)c1C. The molecule has 1 aliphatic rings. The lowest BCUT2D eigenvalue weighted by molar-refractivity contribution is 0.0928. The van der Waals surface area contributed by atoms with Gasteiger partial charge in [0.25, 0.3) is 5.91 Å². The Labute approximate surface area is 102 Å². The number of hydrogen-bond donors (Lipinski definition) is 2. The van der Waals surface area contributed by atoms with Crippen molar-refractivity contribution in [2.24, 2.45) is 0 Å². The molecule has 0 spiro atoms. The van der Waals surface area contributed by atoms with Crippen molar-refractivity contribution in [2.75, 3.05) is 13.1 Å². The first kappa shape index (κ1) is 12.2. The summed E-state index contributed by atoms with van der Waals surface area (Å²) in [6, 6.07) is 0.241. The minimum absolute atomic E-state index is 0.00875. The topological polar surface area (TPSA) is 54.3 Å². The summed E-state index contributed by atoms with van der Waals surface area (Å²) in [6.07, 6.45) is 2.17. The van der Waals surface area contributed by atoms with E-state index >= 15 is 0 Å². The first-order valence-electron chi connectivity index (χ1n) is 6.17. The second-order valence-corrected chi connectivity index (χ2v) is 4.73. The Kier molecular flexibility index (Phi) is 3.52. The van der Waals surface area contributed by atoms with E-state index < -0.39 is 0 Å². The van der Waals surface area contributed by atoms with Crippen molar-refractivity contribution in [1.82, 2.24) is 10.6 Å². The molecule has 0 bridgehead atoms.